The van der Waals surface area contributed by atoms with Gasteiger partial charge in [0.05, 0.1) is 17.2 Å². The summed E-state index contributed by atoms with van der Waals surface area (Å²) in [7, 11) is -2.12. The summed E-state index contributed by atoms with van der Waals surface area (Å²) in [6, 6.07) is 12.6. The van der Waals surface area contributed by atoms with Gasteiger partial charge in [-0.25, -0.2) is 13.4 Å². The summed E-state index contributed by atoms with van der Waals surface area (Å²) in [6.45, 7) is 0.354. The van der Waals surface area contributed by atoms with Crippen LogP contribution in [0.4, 0.5) is 5.13 Å². The van der Waals surface area contributed by atoms with Gasteiger partial charge in [-0.2, -0.15) is 0 Å². The summed E-state index contributed by atoms with van der Waals surface area (Å²) in [5.74, 6) is 0. The molecule has 3 rings (SSSR count). The first-order chi connectivity index (χ1) is 10.6. The number of thiazole rings is 1. The highest BCUT2D eigenvalue weighted by molar-refractivity contribution is 7.93. The van der Waals surface area contributed by atoms with Crippen molar-refractivity contribution >= 4 is 37.3 Å². The lowest BCUT2D eigenvalue weighted by atomic mass is 10.1. The van der Waals surface area contributed by atoms with E-state index in [2.05, 4.69) is 9.71 Å². The van der Waals surface area contributed by atoms with Crippen molar-refractivity contribution in [3.63, 3.8) is 0 Å². The zero-order valence-electron chi connectivity index (χ0n) is 11.8. The van der Waals surface area contributed by atoms with Gasteiger partial charge in [0, 0.05) is 17.9 Å². The number of hydrogen-bond donors (Lipinski definition) is 1. The van der Waals surface area contributed by atoms with Crippen LogP contribution in [0.1, 0.15) is 5.69 Å². The smallest absolute Gasteiger partial charge is 0.264 e. The lowest BCUT2D eigenvalue weighted by Gasteiger charge is -2.08. The van der Waals surface area contributed by atoms with Gasteiger partial charge >= 0.3 is 0 Å². The maximum atomic E-state index is 12.6. The molecule has 22 heavy (non-hydrogen) atoms. The van der Waals surface area contributed by atoms with E-state index in [0.29, 0.717) is 22.8 Å². The molecule has 0 radical (unpaired) electrons. The first-order valence-corrected chi connectivity index (χ1v) is 8.90. The van der Waals surface area contributed by atoms with Crippen LogP contribution in [0.25, 0.3) is 10.8 Å². The second-order valence-electron chi connectivity index (χ2n) is 4.66. The van der Waals surface area contributed by atoms with Crippen LogP contribution in [0.2, 0.25) is 0 Å². The molecule has 0 saturated heterocycles. The van der Waals surface area contributed by atoms with Crippen LogP contribution in [0.3, 0.4) is 0 Å². The number of nitrogens with zero attached hydrogens (tertiary/aromatic N) is 1. The maximum Gasteiger partial charge on any atom is 0.264 e. The number of nitrogens with one attached hydrogen (secondary N) is 1. The minimum absolute atomic E-state index is 0.245. The van der Waals surface area contributed by atoms with E-state index in [1.807, 2.05) is 24.3 Å². The monoisotopic (exact) mass is 334 g/mol. The number of anilines is 1. The Labute approximate surface area is 132 Å². The fourth-order valence-electron chi connectivity index (χ4n) is 2.17. The fraction of sp³-hybridized carbons (Fsp3) is 0.133. The van der Waals surface area contributed by atoms with Crippen molar-refractivity contribution in [3.05, 3.63) is 53.5 Å². The molecule has 0 amide bonds. The van der Waals surface area contributed by atoms with Gasteiger partial charge in [0.1, 0.15) is 0 Å². The molecule has 1 N–H and O–H groups in total. The number of ether oxygens (including phenoxy) is 1. The third kappa shape index (κ3) is 2.96. The van der Waals surface area contributed by atoms with E-state index in [1.165, 1.54) is 11.3 Å². The summed E-state index contributed by atoms with van der Waals surface area (Å²) in [4.78, 5) is 4.44. The van der Waals surface area contributed by atoms with Crippen LogP contribution in [-0.2, 0) is 21.4 Å². The largest absolute Gasteiger partial charge is 0.378 e. The Morgan fingerprint density at radius 2 is 1.95 bits per heavy atom. The van der Waals surface area contributed by atoms with Gasteiger partial charge in [0.25, 0.3) is 10.0 Å². The molecule has 0 unspecified atom stereocenters. The number of sulfonamides is 1. The summed E-state index contributed by atoms with van der Waals surface area (Å²) < 4.78 is 32.7. The summed E-state index contributed by atoms with van der Waals surface area (Å²) in [6.07, 6.45) is 0. The third-order valence-electron chi connectivity index (χ3n) is 3.10. The molecule has 0 aliphatic heterocycles. The molecule has 0 fully saturated rings. The molecule has 0 bridgehead atoms. The van der Waals surface area contributed by atoms with Crippen molar-refractivity contribution < 1.29 is 13.2 Å². The van der Waals surface area contributed by atoms with Gasteiger partial charge in [-0.1, -0.05) is 36.4 Å². The molecule has 0 aliphatic carbocycles. The summed E-state index contributed by atoms with van der Waals surface area (Å²) >= 11 is 1.24. The van der Waals surface area contributed by atoms with Gasteiger partial charge in [-0.3, -0.25) is 4.72 Å². The molecule has 5 nitrogen and oxygen atoms in total. The van der Waals surface area contributed by atoms with Crippen LogP contribution in [0.5, 0.6) is 0 Å². The predicted octanol–water partition coefficient (Wildman–Crippen LogP) is 3.24. The number of rotatable bonds is 5. The molecule has 0 atom stereocenters. The summed E-state index contributed by atoms with van der Waals surface area (Å²) in [5, 5.41) is 3.67. The van der Waals surface area contributed by atoms with Gasteiger partial charge in [0.2, 0.25) is 0 Å². The molecule has 7 heteroatoms. The normalized spacial score (nSPS) is 11.7. The average molecular weight is 334 g/mol. The highest BCUT2D eigenvalue weighted by Gasteiger charge is 2.18. The highest BCUT2D eigenvalue weighted by atomic mass is 32.2. The number of aromatic nitrogens is 1. The zero-order chi connectivity index (χ0) is 15.6. The molecular formula is C15H14N2O3S2. The average Bonchev–Trinajstić information content (AvgIpc) is 2.93. The Hall–Kier alpha value is -1.96. The van der Waals surface area contributed by atoms with E-state index in [0.717, 1.165) is 5.39 Å². The van der Waals surface area contributed by atoms with Crippen molar-refractivity contribution in [2.24, 2.45) is 0 Å². The van der Waals surface area contributed by atoms with Crippen LogP contribution in [-0.4, -0.2) is 20.5 Å². The lowest BCUT2D eigenvalue weighted by Crippen LogP contribution is -2.13. The first kappa shape index (κ1) is 15.0. The van der Waals surface area contributed by atoms with Crippen LogP contribution < -0.4 is 4.72 Å². The predicted molar refractivity (Wildman–Crippen MR) is 87.6 cm³/mol. The standard InChI is InChI=1S/C15H14N2O3S2/c1-20-9-12-10-21-15(16-12)17-22(18,19)14-8-4-6-11-5-2-3-7-13(11)14/h2-8,10H,9H2,1H3,(H,16,17). The Kier molecular flexibility index (Phi) is 4.10. The molecule has 114 valence electrons. The van der Waals surface area contributed by atoms with Crippen molar-refractivity contribution in [2.75, 3.05) is 11.8 Å². The Bertz CT molecular complexity index is 899. The Morgan fingerprint density at radius 1 is 1.18 bits per heavy atom. The van der Waals surface area contributed by atoms with E-state index in [-0.39, 0.29) is 4.90 Å². The second-order valence-corrected chi connectivity index (χ2v) is 7.17. The number of benzene rings is 2. The number of hydrogen-bond acceptors (Lipinski definition) is 5. The molecule has 0 aliphatic rings. The van der Waals surface area contributed by atoms with E-state index in [1.54, 1.807) is 30.7 Å². The third-order valence-corrected chi connectivity index (χ3v) is 5.44. The Balaban J connectivity index is 1.97. The van der Waals surface area contributed by atoms with Crippen LogP contribution in [0.15, 0.2) is 52.7 Å². The molecule has 3 aromatic rings. The van der Waals surface area contributed by atoms with Gasteiger partial charge in [-0.05, 0) is 11.5 Å². The summed E-state index contributed by atoms with van der Waals surface area (Å²) in [5.41, 5.74) is 0.697. The fourth-order valence-corrected chi connectivity index (χ4v) is 4.35. The quantitative estimate of drug-likeness (QED) is 0.778. The van der Waals surface area contributed by atoms with Gasteiger partial charge < -0.3 is 4.74 Å². The van der Waals surface area contributed by atoms with Crippen LogP contribution >= 0.6 is 11.3 Å². The molecular weight excluding hydrogens is 320 g/mol. The van der Waals surface area contributed by atoms with Crippen molar-refractivity contribution in [2.45, 2.75) is 11.5 Å². The SMILES string of the molecule is COCc1csc(NS(=O)(=O)c2cccc3ccccc23)n1. The number of fused-ring (bicyclic) bond motifs is 1. The highest BCUT2D eigenvalue weighted by Crippen LogP contribution is 2.26. The van der Waals surface area contributed by atoms with Crippen molar-refractivity contribution in [1.29, 1.82) is 0 Å². The van der Waals surface area contributed by atoms with Gasteiger partial charge in [0.15, 0.2) is 5.13 Å². The van der Waals surface area contributed by atoms with E-state index in [9.17, 15) is 8.42 Å². The van der Waals surface area contributed by atoms with E-state index >= 15 is 0 Å². The van der Waals surface area contributed by atoms with Gasteiger partial charge in [-0.15, -0.1) is 11.3 Å². The molecule has 1 heterocycles. The first-order valence-electron chi connectivity index (χ1n) is 6.54. The second kappa shape index (κ2) is 6.04. The molecule has 1 aromatic heterocycles. The lowest BCUT2D eigenvalue weighted by molar-refractivity contribution is 0.182. The minimum atomic E-state index is -3.68. The zero-order valence-corrected chi connectivity index (χ0v) is 13.4. The number of methoxy groups -OCH3 is 1. The van der Waals surface area contributed by atoms with E-state index in [4.69, 9.17) is 4.74 Å². The van der Waals surface area contributed by atoms with E-state index < -0.39 is 10.0 Å². The Morgan fingerprint density at radius 3 is 2.77 bits per heavy atom. The van der Waals surface area contributed by atoms with Crippen molar-refractivity contribution in [3.8, 4) is 0 Å². The van der Waals surface area contributed by atoms with Crippen molar-refractivity contribution in [1.82, 2.24) is 4.98 Å². The molecule has 0 spiro atoms. The molecule has 0 saturated carbocycles. The minimum Gasteiger partial charge on any atom is -0.378 e. The maximum absolute atomic E-state index is 12.6. The van der Waals surface area contributed by atoms with Crippen LogP contribution in [0, 0.1) is 0 Å². The molecule has 2 aromatic carbocycles. The topological polar surface area (TPSA) is 68.3 Å².